The minimum Gasteiger partial charge on any atom is -0.591 e. The summed E-state index contributed by atoms with van der Waals surface area (Å²) >= 11 is 5.44. The molecule has 0 fully saturated rings. The van der Waals surface area contributed by atoms with Crippen molar-refractivity contribution in [2.24, 2.45) is 5.28 Å². The van der Waals surface area contributed by atoms with Crippen molar-refractivity contribution in [2.45, 2.75) is 0 Å². The lowest BCUT2D eigenvalue weighted by Crippen LogP contribution is -2.02. The van der Waals surface area contributed by atoms with Crippen LogP contribution in [0.3, 0.4) is 0 Å². The zero-order valence-electron chi connectivity index (χ0n) is 7.81. The van der Waals surface area contributed by atoms with Crippen molar-refractivity contribution in [2.75, 3.05) is 0 Å². The number of halogens is 1. The summed E-state index contributed by atoms with van der Waals surface area (Å²) in [6.07, 6.45) is 0. The van der Waals surface area contributed by atoms with E-state index < -0.39 is 31.8 Å². The third-order valence-electron chi connectivity index (χ3n) is 1.70. The SMILES string of the molecule is O=[N+]([O-])c1cc(Cl)cc([N+](=O)[O-])c1[N+]([O-])=NO. The van der Waals surface area contributed by atoms with Crippen LogP contribution in [0.4, 0.5) is 17.1 Å². The fourth-order valence-electron chi connectivity index (χ4n) is 1.09. The lowest BCUT2D eigenvalue weighted by atomic mass is 10.2. The molecule has 0 unspecified atom stereocenters. The number of benzene rings is 1. The molecule has 0 aliphatic heterocycles. The van der Waals surface area contributed by atoms with Gasteiger partial charge in [-0.3, -0.25) is 20.2 Å². The van der Waals surface area contributed by atoms with Crippen molar-refractivity contribution < 1.29 is 19.9 Å². The number of nitrogens with zero attached hydrogens (tertiary/aromatic N) is 4. The van der Waals surface area contributed by atoms with Gasteiger partial charge in [0.25, 0.3) is 0 Å². The molecule has 0 aliphatic rings. The molecule has 0 radical (unpaired) electrons. The summed E-state index contributed by atoms with van der Waals surface area (Å²) in [5.74, 6) is 0. The van der Waals surface area contributed by atoms with Gasteiger partial charge in [0.05, 0.1) is 14.9 Å². The van der Waals surface area contributed by atoms with Gasteiger partial charge in [0.15, 0.2) is 0 Å². The fraction of sp³-hybridized carbons (Fsp3) is 0. The lowest BCUT2D eigenvalue weighted by molar-refractivity contribution is -0.495. The third-order valence-corrected chi connectivity index (χ3v) is 1.92. The summed E-state index contributed by atoms with van der Waals surface area (Å²) in [5.41, 5.74) is -2.87. The van der Waals surface area contributed by atoms with E-state index in [9.17, 15) is 25.4 Å². The Balaban J connectivity index is 3.71. The highest BCUT2D eigenvalue weighted by Gasteiger charge is 2.35. The molecule has 0 heterocycles. The second-order valence-electron chi connectivity index (χ2n) is 2.67. The van der Waals surface area contributed by atoms with Gasteiger partial charge in [0, 0.05) is 17.0 Å². The van der Waals surface area contributed by atoms with Crippen molar-refractivity contribution in [1.29, 1.82) is 0 Å². The van der Waals surface area contributed by atoms with Crippen LogP contribution in [0, 0.1) is 25.4 Å². The van der Waals surface area contributed by atoms with E-state index in [-0.39, 0.29) is 5.02 Å². The summed E-state index contributed by atoms with van der Waals surface area (Å²) in [6, 6.07) is 1.47. The third kappa shape index (κ3) is 2.36. The molecule has 1 aromatic carbocycles. The minimum absolute atomic E-state index is 0.293. The van der Waals surface area contributed by atoms with Crippen LogP contribution in [0.15, 0.2) is 17.4 Å². The topological polar surface area (TPSA) is 145 Å². The molecule has 0 saturated carbocycles. The maximum Gasteiger partial charge on any atom is 0.401 e. The standard InChI is InChI=1S/C6H3ClN4O6/c7-3-1-4(10(14)15)6(9(13)8-12)5(2-3)11(16)17/h1-2,12H. The molecule has 90 valence electrons. The Bertz CT molecular complexity index is 494. The zero-order chi connectivity index (χ0) is 13.2. The van der Waals surface area contributed by atoms with Gasteiger partial charge in [-0.05, 0) is 0 Å². The molecule has 17 heavy (non-hydrogen) atoms. The molecule has 0 amide bonds. The fourth-order valence-corrected chi connectivity index (χ4v) is 1.30. The van der Waals surface area contributed by atoms with Crippen LogP contribution in [0.5, 0.6) is 0 Å². The average molecular weight is 263 g/mol. The maximum absolute atomic E-state index is 11.0. The number of hydrogen-bond acceptors (Lipinski definition) is 6. The van der Waals surface area contributed by atoms with Crippen LogP contribution in [-0.2, 0) is 0 Å². The number of nitro benzene ring substituents is 2. The second kappa shape index (κ2) is 4.57. The van der Waals surface area contributed by atoms with E-state index in [0.29, 0.717) is 0 Å². The Morgan fingerprint density at radius 3 is 1.82 bits per heavy atom. The van der Waals surface area contributed by atoms with Gasteiger partial charge in [-0.2, -0.15) is 0 Å². The summed E-state index contributed by atoms with van der Waals surface area (Å²) < 4.78 is 0. The molecule has 1 N–H and O–H groups in total. The first-order valence-electron chi connectivity index (χ1n) is 3.83. The molecular weight excluding hydrogens is 260 g/mol. The smallest absolute Gasteiger partial charge is 0.401 e. The van der Waals surface area contributed by atoms with E-state index in [4.69, 9.17) is 16.8 Å². The molecule has 1 rings (SSSR count). The zero-order valence-corrected chi connectivity index (χ0v) is 8.57. The quantitative estimate of drug-likeness (QED) is 0.382. The van der Waals surface area contributed by atoms with Crippen LogP contribution in [0.2, 0.25) is 5.02 Å². The predicted molar refractivity (Wildman–Crippen MR) is 52.3 cm³/mol. The Kier molecular flexibility index (Phi) is 3.38. The average Bonchev–Trinajstić information content (AvgIpc) is 2.26. The Labute approximate surface area is 97.2 Å². The van der Waals surface area contributed by atoms with Gasteiger partial charge in [0.1, 0.15) is 0 Å². The van der Waals surface area contributed by atoms with E-state index in [1.165, 1.54) is 0 Å². The normalized spacial score (nSPS) is 11.2. The molecular formula is C6H3ClN4O6. The van der Waals surface area contributed by atoms with Crippen LogP contribution < -0.4 is 0 Å². The predicted octanol–water partition coefficient (Wildman–Crippen LogP) is 2.14. The highest BCUT2D eigenvalue weighted by molar-refractivity contribution is 6.31. The van der Waals surface area contributed by atoms with Crippen molar-refractivity contribution in [1.82, 2.24) is 0 Å². The number of rotatable bonds is 3. The molecule has 11 heteroatoms. The largest absolute Gasteiger partial charge is 0.591 e. The van der Waals surface area contributed by atoms with E-state index in [1.807, 2.05) is 0 Å². The monoisotopic (exact) mass is 262 g/mol. The minimum atomic E-state index is -1.05. The number of nitro groups is 2. The summed E-state index contributed by atoms with van der Waals surface area (Å²) in [4.78, 5) is 18.5. The van der Waals surface area contributed by atoms with E-state index in [0.717, 1.165) is 12.1 Å². The van der Waals surface area contributed by atoms with Crippen LogP contribution in [-0.4, -0.2) is 19.9 Å². The highest BCUT2D eigenvalue weighted by Crippen LogP contribution is 2.39. The van der Waals surface area contributed by atoms with Crippen molar-refractivity contribution in [3.8, 4) is 0 Å². The van der Waals surface area contributed by atoms with Crippen LogP contribution >= 0.6 is 11.6 Å². The maximum atomic E-state index is 11.0. The van der Waals surface area contributed by atoms with Crippen LogP contribution in [0.25, 0.3) is 0 Å². The molecule has 0 aliphatic carbocycles. The van der Waals surface area contributed by atoms with E-state index in [1.54, 1.807) is 0 Å². The molecule has 1 aromatic rings. The summed E-state index contributed by atoms with van der Waals surface area (Å²) in [6.45, 7) is 0. The first kappa shape index (κ1) is 12.6. The first-order valence-corrected chi connectivity index (χ1v) is 4.21. The van der Waals surface area contributed by atoms with Gasteiger partial charge in [-0.15, -0.1) is 0 Å². The summed E-state index contributed by atoms with van der Waals surface area (Å²) in [5, 5.41) is 42.3. The Hall–Kier alpha value is -2.49. The van der Waals surface area contributed by atoms with Gasteiger partial charge in [-0.1, -0.05) is 11.6 Å². The molecule has 0 aromatic heterocycles. The van der Waals surface area contributed by atoms with Gasteiger partial charge in [0.2, 0.25) is 5.28 Å². The van der Waals surface area contributed by atoms with E-state index in [2.05, 4.69) is 5.28 Å². The molecule has 0 spiro atoms. The van der Waals surface area contributed by atoms with Crippen molar-refractivity contribution in [3.63, 3.8) is 0 Å². The molecule has 0 atom stereocenters. The summed E-state index contributed by atoms with van der Waals surface area (Å²) in [7, 11) is 0. The first-order chi connectivity index (χ1) is 7.88. The highest BCUT2D eigenvalue weighted by atomic mass is 35.5. The van der Waals surface area contributed by atoms with Gasteiger partial charge >= 0.3 is 17.1 Å². The van der Waals surface area contributed by atoms with Gasteiger partial charge < -0.3 is 10.4 Å². The number of hydrogen-bond donors (Lipinski definition) is 1. The molecule has 10 nitrogen and oxygen atoms in total. The second-order valence-corrected chi connectivity index (χ2v) is 3.11. The Morgan fingerprint density at radius 1 is 1.12 bits per heavy atom. The Morgan fingerprint density at radius 2 is 1.53 bits per heavy atom. The molecule has 0 saturated heterocycles. The van der Waals surface area contributed by atoms with Crippen molar-refractivity contribution >= 4 is 28.7 Å². The van der Waals surface area contributed by atoms with E-state index >= 15 is 0 Å². The van der Waals surface area contributed by atoms with Gasteiger partial charge in [-0.25, -0.2) is 0 Å². The van der Waals surface area contributed by atoms with Crippen LogP contribution in [0.1, 0.15) is 0 Å². The van der Waals surface area contributed by atoms with Crippen molar-refractivity contribution in [3.05, 3.63) is 42.6 Å². The lowest BCUT2D eigenvalue weighted by Gasteiger charge is -2.00. The molecule has 0 bridgehead atoms.